The number of hydrogen-bond donors (Lipinski definition) is 2. The Balaban J connectivity index is 2.21. The van der Waals surface area contributed by atoms with Crippen molar-refractivity contribution in [2.45, 2.75) is 45.7 Å². The first-order valence-corrected chi connectivity index (χ1v) is 6.69. The van der Waals surface area contributed by atoms with E-state index in [2.05, 4.69) is 12.2 Å². The van der Waals surface area contributed by atoms with Gasteiger partial charge >= 0.3 is 5.97 Å². The van der Waals surface area contributed by atoms with Crippen LogP contribution in [0.3, 0.4) is 0 Å². The number of carbonyl (C=O) groups is 1. The Kier molecular flexibility index (Phi) is 6.50. The summed E-state index contributed by atoms with van der Waals surface area (Å²) in [5.41, 5.74) is 0.922. The van der Waals surface area contributed by atoms with Crippen molar-refractivity contribution in [1.82, 2.24) is 5.32 Å². The molecule has 106 valence electrons. The SMILES string of the molecule is CC(CCCC(C)C(=O)O)NCc1cccc(F)c1. The van der Waals surface area contributed by atoms with Crippen LogP contribution < -0.4 is 5.32 Å². The summed E-state index contributed by atoms with van der Waals surface area (Å²) in [4.78, 5) is 10.7. The maximum absolute atomic E-state index is 13.0. The third-order valence-electron chi connectivity index (χ3n) is 3.24. The van der Waals surface area contributed by atoms with Crippen LogP contribution in [0.5, 0.6) is 0 Å². The highest BCUT2D eigenvalue weighted by Crippen LogP contribution is 2.10. The average Bonchev–Trinajstić information content (AvgIpc) is 2.36. The van der Waals surface area contributed by atoms with E-state index in [4.69, 9.17) is 5.11 Å². The van der Waals surface area contributed by atoms with Crippen LogP contribution in [0.15, 0.2) is 24.3 Å². The summed E-state index contributed by atoms with van der Waals surface area (Å²) in [5, 5.41) is 12.1. The molecule has 0 aliphatic rings. The van der Waals surface area contributed by atoms with E-state index < -0.39 is 5.97 Å². The van der Waals surface area contributed by atoms with Gasteiger partial charge in [-0.25, -0.2) is 4.39 Å². The standard InChI is InChI=1S/C15H22FNO2/c1-11(15(18)19)5-3-6-12(2)17-10-13-7-4-8-14(16)9-13/h4,7-9,11-12,17H,3,5-6,10H2,1-2H3,(H,18,19). The normalized spacial score (nSPS) is 14.1. The summed E-state index contributed by atoms with van der Waals surface area (Å²) in [5.74, 6) is -1.24. The van der Waals surface area contributed by atoms with Gasteiger partial charge in [-0.1, -0.05) is 25.5 Å². The molecule has 4 heteroatoms. The summed E-state index contributed by atoms with van der Waals surface area (Å²) >= 11 is 0. The van der Waals surface area contributed by atoms with Gasteiger partial charge in [-0.05, 0) is 37.5 Å². The Morgan fingerprint density at radius 1 is 1.37 bits per heavy atom. The van der Waals surface area contributed by atoms with Gasteiger partial charge in [-0.3, -0.25) is 4.79 Å². The van der Waals surface area contributed by atoms with Crippen LogP contribution in [0.1, 0.15) is 38.7 Å². The van der Waals surface area contributed by atoms with Crippen molar-refractivity contribution in [2.24, 2.45) is 5.92 Å². The second-order valence-corrected chi connectivity index (χ2v) is 5.08. The van der Waals surface area contributed by atoms with Crippen molar-refractivity contribution >= 4 is 5.97 Å². The van der Waals surface area contributed by atoms with Crippen molar-refractivity contribution in [3.05, 3.63) is 35.6 Å². The van der Waals surface area contributed by atoms with Gasteiger partial charge in [-0.15, -0.1) is 0 Å². The maximum atomic E-state index is 13.0. The third kappa shape index (κ3) is 6.34. The number of rotatable bonds is 8. The summed E-state index contributed by atoms with van der Waals surface area (Å²) in [6.07, 6.45) is 2.50. The Hall–Kier alpha value is -1.42. The average molecular weight is 267 g/mol. The monoisotopic (exact) mass is 267 g/mol. The van der Waals surface area contributed by atoms with Gasteiger partial charge in [-0.2, -0.15) is 0 Å². The van der Waals surface area contributed by atoms with Gasteiger partial charge in [0.1, 0.15) is 5.82 Å². The summed E-state index contributed by atoms with van der Waals surface area (Å²) in [7, 11) is 0. The van der Waals surface area contributed by atoms with Crippen LogP contribution in [0.25, 0.3) is 0 Å². The van der Waals surface area contributed by atoms with E-state index in [1.54, 1.807) is 13.0 Å². The second kappa shape index (κ2) is 7.89. The molecule has 1 aromatic rings. The van der Waals surface area contributed by atoms with E-state index in [-0.39, 0.29) is 11.7 Å². The Bertz CT molecular complexity index is 409. The fourth-order valence-electron chi connectivity index (χ4n) is 1.89. The molecule has 0 spiro atoms. The minimum atomic E-state index is -0.736. The molecule has 0 amide bonds. The van der Waals surface area contributed by atoms with Crippen molar-refractivity contribution in [1.29, 1.82) is 0 Å². The van der Waals surface area contributed by atoms with E-state index in [0.29, 0.717) is 19.0 Å². The zero-order valence-electron chi connectivity index (χ0n) is 11.5. The molecular formula is C15H22FNO2. The molecule has 19 heavy (non-hydrogen) atoms. The van der Waals surface area contributed by atoms with E-state index >= 15 is 0 Å². The molecular weight excluding hydrogens is 245 g/mol. The van der Waals surface area contributed by atoms with Crippen LogP contribution >= 0.6 is 0 Å². The molecule has 3 nitrogen and oxygen atoms in total. The van der Waals surface area contributed by atoms with Gasteiger partial charge in [0.25, 0.3) is 0 Å². The molecule has 2 N–H and O–H groups in total. The molecule has 0 aliphatic carbocycles. The minimum Gasteiger partial charge on any atom is -0.481 e. The predicted molar refractivity (Wildman–Crippen MR) is 73.4 cm³/mol. The minimum absolute atomic E-state index is 0.220. The highest BCUT2D eigenvalue weighted by atomic mass is 19.1. The largest absolute Gasteiger partial charge is 0.481 e. The van der Waals surface area contributed by atoms with Crippen molar-refractivity contribution in [2.75, 3.05) is 0 Å². The van der Waals surface area contributed by atoms with Crippen LogP contribution in [0, 0.1) is 11.7 Å². The van der Waals surface area contributed by atoms with Crippen molar-refractivity contribution < 1.29 is 14.3 Å². The van der Waals surface area contributed by atoms with Gasteiger partial charge in [0.05, 0.1) is 5.92 Å². The van der Waals surface area contributed by atoms with E-state index in [1.165, 1.54) is 12.1 Å². The summed E-state index contributed by atoms with van der Waals surface area (Å²) in [6, 6.07) is 6.83. The quantitative estimate of drug-likeness (QED) is 0.760. The fraction of sp³-hybridized carbons (Fsp3) is 0.533. The van der Waals surface area contributed by atoms with Crippen molar-refractivity contribution in [3.63, 3.8) is 0 Å². The number of halogens is 1. The molecule has 0 saturated carbocycles. The number of nitrogens with one attached hydrogen (secondary N) is 1. The van der Waals surface area contributed by atoms with Gasteiger partial charge in [0, 0.05) is 12.6 Å². The van der Waals surface area contributed by atoms with Gasteiger partial charge in [0.2, 0.25) is 0 Å². The Morgan fingerprint density at radius 3 is 2.74 bits per heavy atom. The van der Waals surface area contributed by atoms with Crippen LogP contribution in [-0.4, -0.2) is 17.1 Å². The molecule has 2 unspecified atom stereocenters. The molecule has 1 aromatic carbocycles. The summed E-state index contributed by atoms with van der Waals surface area (Å²) in [6.45, 7) is 4.42. The highest BCUT2D eigenvalue weighted by molar-refractivity contribution is 5.69. The maximum Gasteiger partial charge on any atom is 0.306 e. The number of benzene rings is 1. The second-order valence-electron chi connectivity index (χ2n) is 5.08. The van der Waals surface area contributed by atoms with E-state index in [9.17, 15) is 9.18 Å². The molecule has 2 atom stereocenters. The Morgan fingerprint density at radius 2 is 2.11 bits per heavy atom. The first kappa shape index (κ1) is 15.6. The van der Waals surface area contributed by atoms with E-state index in [0.717, 1.165) is 18.4 Å². The molecule has 0 bridgehead atoms. The van der Waals surface area contributed by atoms with Crippen LogP contribution in [0.2, 0.25) is 0 Å². The highest BCUT2D eigenvalue weighted by Gasteiger charge is 2.11. The lowest BCUT2D eigenvalue weighted by Gasteiger charge is -2.14. The first-order chi connectivity index (χ1) is 8.99. The summed E-state index contributed by atoms with van der Waals surface area (Å²) < 4.78 is 13.0. The number of carboxylic acids is 1. The number of aliphatic carboxylic acids is 1. The lowest BCUT2D eigenvalue weighted by Crippen LogP contribution is -2.25. The third-order valence-corrected chi connectivity index (χ3v) is 3.24. The number of hydrogen-bond acceptors (Lipinski definition) is 2. The lowest BCUT2D eigenvalue weighted by molar-refractivity contribution is -0.141. The lowest BCUT2D eigenvalue weighted by atomic mass is 10.0. The van der Waals surface area contributed by atoms with E-state index in [1.807, 2.05) is 6.07 Å². The Labute approximate surface area is 113 Å². The van der Waals surface area contributed by atoms with Gasteiger partial charge < -0.3 is 10.4 Å². The smallest absolute Gasteiger partial charge is 0.306 e. The van der Waals surface area contributed by atoms with Crippen LogP contribution in [-0.2, 0) is 11.3 Å². The molecule has 0 radical (unpaired) electrons. The van der Waals surface area contributed by atoms with Crippen molar-refractivity contribution in [3.8, 4) is 0 Å². The zero-order chi connectivity index (χ0) is 14.3. The van der Waals surface area contributed by atoms with Crippen LogP contribution in [0.4, 0.5) is 4.39 Å². The zero-order valence-corrected chi connectivity index (χ0v) is 11.5. The first-order valence-electron chi connectivity index (χ1n) is 6.69. The predicted octanol–water partition coefficient (Wildman–Crippen LogP) is 3.19. The molecule has 0 aliphatic heterocycles. The molecule has 0 fully saturated rings. The van der Waals surface area contributed by atoms with Gasteiger partial charge in [0.15, 0.2) is 0 Å². The molecule has 0 heterocycles. The molecule has 1 rings (SSSR count). The topological polar surface area (TPSA) is 49.3 Å². The number of carboxylic acid groups (broad SMARTS) is 1. The molecule has 0 saturated heterocycles. The fourth-order valence-corrected chi connectivity index (χ4v) is 1.89. The molecule has 0 aromatic heterocycles.